The number of carboxylic acid groups (broad SMARTS) is 1. The molecular formula is C22H24F3N3O2S2. The number of halogens is 3. The first kappa shape index (κ1) is 24.2. The molecular weight excluding hydrogens is 459 g/mol. The summed E-state index contributed by atoms with van der Waals surface area (Å²) in [5.41, 5.74) is 2.64. The zero-order valence-electron chi connectivity index (χ0n) is 18.1. The molecule has 2 aromatic heterocycles. The number of anilines is 1. The summed E-state index contributed by atoms with van der Waals surface area (Å²) in [5.74, 6) is 0.00166. The van der Waals surface area contributed by atoms with E-state index in [-0.39, 0.29) is 0 Å². The van der Waals surface area contributed by atoms with Gasteiger partial charge in [0.25, 0.3) is 0 Å². The third kappa shape index (κ3) is 5.66. The summed E-state index contributed by atoms with van der Waals surface area (Å²) in [6, 6.07) is 7.01. The van der Waals surface area contributed by atoms with Crippen LogP contribution in [0.25, 0.3) is 11.3 Å². The van der Waals surface area contributed by atoms with Crippen molar-refractivity contribution in [3.63, 3.8) is 0 Å². The molecule has 0 spiro atoms. The lowest BCUT2D eigenvalue weighted by Crippen LogP contribution is -2.26. The van der Waals surface area contributed by atoms with Gasteiger partial charge in [-0.3, -0.25) is 4.79 Å². The summed E-state index contributed by atoms with van der Waals surface area (Å²) in [4.78, 5) is 21.2. The fourth-order valence-corrected chi connectivity index (χ4v) is 5.27. The number of likely N-dealkylation sites (N-methyl/N-ethyl adjacent to an activating group) is 1. The van der Waals surface area contributed by atoms with Crippen LogP contribution in [0.2, 0.25) is 0 Å². The van der Waals surface area contributed by atoms with Crippen LogP contribution in [0.1, 0.15) is 30.7 Å². The van der Waals surface area contributed by atoms with Gasteiger partial charge in [-0.25, -0.2) is 4.98 Å². The number of benzene rings is 1. The van der Waals surface area contributed by atoms with Crippen molar-refractivity contribution in [2.45, 2.75) is 42.5 Å². The summed E-state index contributed by atoms with van der Waals surface area (Å²) >= 11 is 2.66. The number of aliphatic carboxylic acids is 1. The topological polar surface area (TPSA) is 69.2 Å². The van der Waals surface area contributed by atoms with E-state index in [9.17, 15) is 23.1 Å². The van der Waals surface area contributed by atoms with E-state index in [4.69, 9.17) is 0 Å². The van der Waals surface area contributed by atoms with Gasteiger partial charge >= 0.3 is 12.1 Å². The van der Waals surface area contributed by atoms with Gasteiger partial charge in [-0.15, -0.1) is 11.3 Å². The molecule has 32 heavy (non-hydrogen) atoms. The average Bonchev–Trinajstić information content (AvgIpc) is 3.31. The van der Waals surface area contributed by atoms with E-state index in [0.29, 0.717) is 18.5 Å². The van der Waals surface area contributed by atoms with E-state index in [0.717, 1.165) is 39.2 Å². The Balaban J connectivity index is 1.65. The Morgan fingerprint density at radius 1 is 1.25 bits per heavy atom. The van der Waals surface area contributed by atoms with Gasteiger partial charge in [-0.05, 0) is 50.1 Å². The van der Waals surface area contributed by atoms with Crippen LogP contribution < -0.4 is 4.90 Å². The third-order valence-corrected chi connectivity index (χ3v) is 7.16. The van der Waals surface area contributed by atoms with Crippen molar-refractivity contribution in [1.29, 1.82) is 0 Å². The molecule has 0 aliphatic heterocycles. The normalized spacial score (nSPS) is 12.2. The number of aryl methyl sites for hydroxylation is 1. The molecule has 0 fully saturated rings. The van der Waals surface area contributed by atoms with Gasteiger partial charge in [-0.2, -0.15) is 13.2 Å². The van der Waals surface area contributed by atoms with Crippen molar-refractivity contribution in [1.82, 2.24) is 9.97 Å². The molecule has 1 aromatic carbocycles. The van der Waals surface area contributed by atoms with Crippen LogP contribution >= 0.6 is 23.1 Å². The van der Waals surface area contributed by atoms with Gasteiger partial charge in [0.15, 0.2) is 4.34 Å². The summed E-state index contributed by atoms with van der Waals surface area (Å²) in [6.07, 6.45) is -3.68. The van der Waals surface area contributed by atoms with Gasteiger partial charge in [0.05, 0.1) is 11.3 Å². The van der Waals surface area contributed by atoms with Gasteiger partial charge in [0.2, 0.25) is 0 Å². The van der Waals surface area contributed by atoms with Crippen LogP contribution in [0.15, 0.2) is 40.1 Å². The Morgan fingerprint density at radius 2 is 1.91 bits per heavy atom. The number of thioether (sulfide) groups is 1. The third-order valence-electron chi connectivity index (χ3n) is 4.98. The number of nitrogens with one attached hydrogen (secondary N) is 1. The highest BCUT2D eigenvalue weighted by atomic mass is 32.2. The molecule has 3 aromatic rings. The predicted octanol–water partition coefficient (Wildman–Crippen LogP) is 6.10. The van der Waals surface area contributed by atoms with Gasteiger partial charge in [0, 0.05) is 31.1 Å². The minimum Gasteiger partial charge on any atom is -0.480 e. The Morgan fingerprint density at radius 3 is 2.50 bits per heavy atom. The van der Waals surface area contributed by atoms with Crippen molar-refractivity contribution in [3.05, 3.63) is 52.5 Å². The monoisotopic (exact) mass is 483 g/mol. The first-order chi connectivity index (χ1) is 14.9. The maximum atomic E-state index is 12.8. The van der Waals surface area contributed by atoms with E-state index >= 15 is 0 Å². The molecule has 172 valence electrons. The van der Waals surface area contributed by atoms with Gasteiger partial charge in [0.1, 0.15) is 10.6 Å². The average molecular weight is 484 g/mol. The molecule has 0 aliphatic carbocycles. The molecule has 2 N–H and O–H groups in total. The highest BCUT2D eigenvalue weighted by Gasteiger charge is 2.30. The number of H-pyrrole nitrogens is 1. The van der Waals surface area contributed by atoms with Crippen LogP contribution in [0.4, 0.5) is 19.0 Å². The number of rotatable bonds is 8. The molecule has 0 amide bonds. The molecule has 0 aliphatic rings. The summed E-state index contributed by atoms with van der Waals surface area (Å²) in [5, 5.41) is 11.2. The molecule has 0 saturated carbocycles. The molecule has 0 saturated heterocycles. The fraction of sp³-hybridized carbons (Fsp3) is 0.364. The smallest absolute Gasteiger partial charge is 0.416 e. The number of carboxylic acids is 1. The molecule has 3 rings (SSSR count). The standard InChI is InChI=1S/C22H24F3N3O2S2/c1-13-11-17(14-5-7-15(8-6-14)22(23,24)25)27-18(13)28(4)10-9-16-12-31-20(26-16)32-21(2,3)19(29)30/h5-8,11-12,27H,9-10H2,1-4H3,(H,29,30). The van der Waals surface area contributed by atoms with Crippen LogP contribution in [0.3, 0.4) is 0 Å². The van der Waals surface area contributed by atoms with Crippen LogP contribution in [-0.2, 0) is 17.4 Å². The van der Waals surface area contributed by atoms with Crippen molar-refractivity contribution in [3.8, 4) is 11.3 Å². The quantitative estimate of drug-likeness (QED) is 0.379. The molecule has 2 heterocycles. The van der Waals surface area contributed by atoms with E-state index in [1.807, 2.05) is 30.3 Å². The molecule has 0 radical (unpaired) electrons. The van der Waals surface area contributed by atoms with Gasteiger partial charge in [-0.1, -0.05) is 23.9 Å². The molecule has 10 heteroatoms. The zero-order valence-corrected chi connectivity index (χ0v) is 19.7. The number of aromatic amines is 1. The Kier molecular flexibility index (Phi) is 6.94. The first-order valence-electron chi connectivity index (χ1n) is 9.82. The number of alkyl halides is 3. The summed E-state index contributed by atoms with van der Waals surface area (Å²) in [6.45, 7) is 5.92. The van der Waals surface area contributed by atoms with Crippen molar-refractivity contribution < 1.29 is 23.1 Å². The minimum atomic E-state index is -4.35. The predicted molar refractivity (Wildman–Crippen MR) is 123 cm³/mol. The second kappa shape index (κ2) is 9.19. The fourth-order valence-electron chi connectivity index (χ4n) is 3.04. The van der Waals surface area contributed by atoms with E-state index in [2.05, 4.69) is 9.97 Å². The highest BCUT2D eigenvalue weighted by molar-refractivity contribution is 8.02. The number of hydrogen-bond acceptors (Lipinski definition) is 5. The molecule has 0 unspecified atom stereocenters. The lowest BCUT2D eigenvalue weighted by molar-refractivity contribution is -0.139. The maximum absolute atomic E-state index is 12.8. The Hall–Kier alpha value is -2.46. The zero-order chi connectivity index (χ0) is 23.7. The molecule has 5 nitrogen and oxygen atoms in total. The minimum absolute atomic E-state index is 0.671. The van der Waals surface area contributed by atoms with Crippen molar-refractivity contribution in [2.24, 2.45) is 0 Å². The Labute approximate surface area is 192 Å². The number of hydrogen-bond donors (Lipinski definition) is 2. The van der Waals surface area contributed by atoms with Crippen LogP contribution in [0.5, 0.6) is 0 Å². The first-order valence-corrected chi connectivity index (χ1v) is 11.5. The van der Waals surface area contributed by atoms with E-state index in [1.54, 1.807) is 13.8 Å². The molecule has 0 atom stereocenters. The van der Waals surface area contributed by atoms with E-state index < -0.39 is 22.5 Å². The second-order valence-electron chi connectivity index (χ2n) is 7.98. The lowest BCUT2D eigenvalue weighted by Gasteiger charge is -2.18. The lowest BCUT2D eigenvalue weighted by atomic mass is 10.1. The van der Waals surface area contributed by atoms with Crippen molar-refractivity contribution in [2.75, 3.05) is 18.5 Å². The number of carbonyl (C=O) groups is 1. The molecule has 0 bridgehead atoms. The maximum Gasteiger partial charge on any atom is 0.416 e. The number of nitrogens with zero attached hydrogens (tertiary/aromatic N) is 2. The van der Waals surface area contributed by atoms with Gasteiger partial charge < -0.3 is 15.0 Å². The Bertz CT molecular complexity index is 1090. The van der Waals surface area contributed by atoms with E-state index in [1.165, 1.54) is 35.2 Å². The van der Waals surface area contributed by atoms with Crippen LogP contribution in [0, 0.1) is 6.92 Å². The largest absolute Gasteiger partial charge is 0.480 e. The number of aromatic nitrogens is 2. The summed E-state index contributed by atoms with van der Waals surface area (Å²) in [7, 11) is 1.94. The highest BCUT2D eigenvalue weighted by Crippen LogP contribution is 2.35. The SMILES string of the molecule is Cc1cc(-c2ccc(C(F)(F)F)cc2)[nH]c1N(C)CCc1csc(SC(C)(C)C(=O)O)n1. The van der Waals surface area contributed by atoms with Crippen molar-refractivity contribution >= 4 is 34.9 Å². The second-order valence-corrected chi connectivity index (χ2v) is 10.7. The van der Waals surface area contributed by atoms with Crippen LogP contribution in [-0.4, -0.2) is 39.4 Å². The number of thiazole rings is 1. The summed E-state index contributed by atoms with van der Waals surface area (Å²) < 4.78 is 38.2.